The van der Waals surface area contributed by atoms with Gasteiger partial charge in [-0.1, -0.05) is 11.6 Å². The second-order valence-electron chi connectivity index (χ2n) is 4.53. The van der Waals surface area contributed by atoms with Gasteiger partial charge in [0.25, 0.3) is 0 Å². The average molecular weight is 280 g/mol. The number of rotatable bonds is 3. The summed E-state index contributed by atoms with van der Waals surface area (Å²) in [6, 6.07) is 1.99. The van der Waals surface area contributed by atoms with E-state index < -0.39 is 5.97 Å². The van der Waals surface area contributed by atoms with E-state index in [9.17, 15) is 4.79 Å². The molecule has 1 N–H and O–H groups in total. The molecule has 0 spiro atoms. The maximum Gasteiger partial charge on any atom is 0.328 e. The van der Waals surface area contributed by atoms with Gasteiger partial charge in [-0.25, -0.2) is 14.5 Å². The number of carboxylic acids is 1. The molecule has 0 amide bonds. The van der Waals surface area contributed by atoms with Gasteiger partial charge in [0.1, 0.15) is 5.15 Å². The molecule has 0 aromatic carbocycles. The highest BCUT2D eigenvalue weighted by Gasteiger charge is 2.13. The second-order valence-corrected chi connectivity index (χ2v) is 4.89. The fourth-order valence-corrected chi connectivity index (χ4v) is 2.04. The van der Waals surface area contributed by atoms with Gasteiger partial charge in [0.05, 0.1) is 5.69 Å². The lowest BCUT2D eigenvalue weighted by Gasteiger charge is -2.06. The van der Waals surface area contributed by atoms with Gasteiger partial charge in [0.15, 0.2) is 5.65 Å². The summed E-state index contributed by atoms with van der Waals surface area (Å²) in [4.78, 5) is 14.9. The molecule has 0 aliphatic carbocycles. The van der Waals surface area contributed by atoms with E-state index in [2.05, 4.69) is 10.1 Å². The molecule has 2 aromatic heterocycles. The highest BCUT2D eigenvalue weighted by Crippen LogP contribution is 2.25. The summed E-state index contributed by atoms with van der Waals surface area (Å²) in [6.45, 7) is 5.92. The van der Waals surface area contributed by atoms with Crippen molar-refractivity contribution < 1.29 is 9.90 Å². The number of carbonyl (C=O) groups is 1. The third-order valence-corrected chi connectivity index (χ3v) is 3.04. The second kappa shape index (κ2) is 5.01. The Balaban J connectivity index is 2.63. The zero-order valence-electron chi connectivity index (χ0n) is 10.9. The summed E-state index contributed by atoms with van der Waals surface area (Å²) < 4.78 is 1.81. The molecule has 100 valence electrons. The minimum Gasteiger partial charge on any atom is -0.478 e. The predicted octanol–water partition coefficient (Wildman–Crippen LogP) is 3.07. The molecule has 2 aromatic rings. The molecule has 0 saturated heterocycles. The number of halogens is 1. The van der Waals surface area contributed by atoms with Crippen molar-refractivity contribution >= 4 is 34.7 Å². The molecule has 19 heavy (non-hydrogen) atoms. The summed E-state index contributed by atoms with van der Waals surface area (Å²) in [5.74, 6) is -1.02. The van der Waals surface area contributed by atoms with Gasteiger partial charge in [-0.2, -0.15) is 5.10 Å². The van der Waals surface area contributed by atoms with Crippen LogP contribution in [-0.2, 0) is 4.79 Å². The normalized spacial score (nSPS) is 11.8. The van der Waals surface area contributed by atoms with Crippen molar-refractivity contribution in [3.8, 4) is 0 Å². The van der Waals surface area contributed by atoms with Crippen LogP contribution >= 0.6 is 11.6 Å². The molecule has 0 radical (unpaired) electrons. The number of nitrogens with zero attached hydrogens (tertiary/aromatic N) is 3. The van der Waals surface area contributed by atoms with Crippen LogP contribution in [-0.4, -0.2) is 25.8 Å². The van der Waals surface area contributed by atoms with Crippen LogP contribution in [0.25, 0.3) is 17.1 Å². The highest BCUT2D eigenvalue weighted by atomic mass is 35.5. The standard InChI is InChI=1S/C13H14ClN3O2/c1-7(2)17-13-10(8(3)16-17)6-9(12(14)15-13)4-5-11(18)19/h4-7H,1-3H3,(H,18,19)/b5-4+. The molecule has 5 nitrogen and oxygen atoms in total. The van der Waals surface area contributed by atoms with E-state index in [4.69, 9.17) is 16.7 Å². The Morgan fingerprint density at radius 2 is 2.21 bits per heavy atom. The fraction of sp³-hybridized carbons (Fsp3) is 0.308. The Morgan fingerprint density at radius 1 is 1.53 bits per heavy atom. The van der Waals surface area contributed by atoms with Crippen LogP contribution in [0.2, 0.25) is 5.15 Å². The van der Waals surface area contributed by atoms with Crippen LogP contribution in [0.1, 0.15) is 31.1 Å². The summed E-state index contributed by atoms with van der Waals surface area (Å²) in [7, 11) is 0. The van der Waals surface area contributed by atoms with Gasteiger partial charge in [0, 0.05) is 23.1 Å². The number of hydrogen-bond acceptors (Lipinski definition) is 3. The molecule has 0 unspecified atom stereocenters. The first-order valence-electron chi connectivity index (χ1n) is 5.86. The number of aromatic nitrogens is 3. The molecule has 0 saturated carbocycles. The minimum atomic E-state index is -1.02. The van der Waals surface area contributed by atoms with Crippen molar-refractivity contribution in [2.45, 2.75) is 26.8 Å². The van der Waals surface area contributed by atoms with E-state index >= 15 is 0 Å². The largest absolute Gasteiger partial charge is 0.478 e. The monoisotopic (exact) mass is 279 g/mol. The molecule has 0 fully saturated rings. The quantitative estimate of drug-likeness (QED) is 0.692. The number of hydrogen-bond donors (Lipinski definition) is 1. The van der Waals surface area contributed by atoms with E-state index in [1.807, 2.05) is 26.8 Å². The lowest BCUT2D eigenvalue weighted by atomic mass is 10.2. The Kier molecular flexibility index (Phi) is 3.57. The first-order valence-corrected chi connectivity index (χ1v) is 6.24. The minimum absolute atomic E-state index is 0.181. The predicted molar refractivity (Wildman–Crippen MR) is 74.3 cm³/mol. The topological polar surface area (TPSA) is 68.0 Å². The van der Waals surface area contributed by atoms with Crippen LogP contribution in [0, 0.1) is 6.92 Å². The lowest BCUT2D eigenvalue weighted by Crippen LogP contribution is -2.03. The van der Waals surface area contributed by atoms with E-state index in [0.29, 0.717) is 11.2 Å². The molecule has 0 bridgehead atoms. The smallest absolute Gasteiger partial charge is 0.328 e. The van der Waals surface area contributed by atoms with Crippen molar-refractivity contribution in [3.05, 3.63) is 28.6 Å². The van der Waals surface area contributed by atoms with Crippen LogP contribution in [0.4, 0.5) is 0 Å². The average Bonchev–Trinajstić information content (AvgIpc) is 2.63. The summed E-state index contributed by atoms with van der Waals surface area (Å²) >= 11 is 6.08. The molecule has 0 aliphatic heterocycles. The van der Waals surface area contributed by atoms with E-state index in [0.717, 1.165) is 17.2 Å². The van der Waals surface area contributed by atoms with Crippen LogP contribution < -0.4 is 0 Å². The van der Waals surface area contributed by atoms with Crippen LogP contribution in [0.3, 0.4) is 0 Å². The van der Waals surface area contributed by atoms with Crippen molar-refractivity contribution in [1.82, 2.24) is 14.8 Å². The zero-order chi connectivity index (χ0) is 14.2. The summed E-state index contributed by atoms with van der Waals surface area (Å²) in [5, 5.41) is 14.2. The van der Waals surface area contributed by atoms with E-state index in [1.165, 1.54) is 6.08 Å². The number of pyridine rings is 1. The number of fused-ring (bicyclic) bond motifs is 1. The molecule has 0 aliphatic rings. The van der Waals surface area contributed by atoms with Gasteiger partial charge < -0.3 is 5.11 Å². The maximum atomic E-state index is 10.5. The maximum absolute atomic E-state index is 10.5. The summed E-state index contributed by atoms with van der Waals surface area (Å²) in [5.41, 5.74) is 2.13. The number of carboxylic acid groups (broad SMARTS) is 1. The van der Waals surface area contributed by atoms with Gasteiger partial charge in [-0.15, -0.1) is 0 Å². The van der Waals surface area contributed by atoms with Crippen LogP contribution in [0.5, 0.6) is 0 Å². The number of aliphatic carboxylic acids is 1. The Bertz CT molecular complexity index is 674. The molecule has 6 heteroatoms. The third kappa shape index (κ3) is 2.61. The van der Waals surface area contributed by atoms with Crippen LogP contribution in [0.15, 0.2) is 12.1 Å². The van der Waals surface area contributed by atoms with Gasteiger partial charge in [-0.3, -0.25) is 0 Å². The first kappa shape index (κ1) is 13.5. The molecular formula is C13H14ClN3O2. The first-order chi connectivity index (χ1) is 8.90. The van der Waals surface area contributed by atoms with Crippen molar-refractivity contribution in [3.63, 3.8) is 0 Å². The Labute approximate surface area is 115 Å². The van der Waals surface area contributed by atoms with Crippen molar-refractivity contribution in [1.29, 1.82) is 0 Å². The number of aryl methyl sites for hydroxylation is 1. The molecule has 2 rings (SSSR count). The van der Waals surface area contributed by atoms with E-state index in [1.54, 1.807) is 4.68 Å². The van der Waals surface area contributed by atoms with Crippen molar-refractivity contribution in [2.75, 3.05) is 0 Å². The van der Waals surface area contributed by atoms with Crippen molar-refractivity contribution in [2.24, 2.45) is 0 Å². The third-order valence-electron chi connectivity index (χ3n) is 2.74. The van der Waals surface area contributed by atoms with Gasteiger partial charge in [-0.05, 0) is 32.9 Å². The Morgan fingerprint density at radius 3 is 2.79 bits per heavy atom. The summed E-state index contributed by atoms with van der Waals surface area (Å²) in [6.07, 6.45) is 2.47. The Hall–Kier alpha value is -1.88. The van der Waals surface area contributed by atoms with Gasteiger partial charge >= 0.3 is 5.97 Å². The molecular weight excluding hydrogens is 266 g/mol. The highest BCUT2D eigenvalue weighted by molar-refractivity contribution is 6.31. The van der Waals surface area contributed by atoms with E-state index in [-0.39, 0.29) is 11.2 Å². The van der Waals surface area contributed by atoms with Gasteiger partial charge in [0.2, 0.25) is 0 Å². The SMILES string of the molecule is Cc1nn(C(C)C)c2nc(Cl)c(/C=C/C(=O)O)cc12. The lowest BCUT2D eigenvalue weighted by molar-refractivity contribution is -0.131. The fourth-order valence-electron chi connectivity index (χ4n) is 1.84. The molecule has 2 heterocycles. The zero-order valence-corrected chi connectivity index (χ0v) is 11.6. The molecule has 0 atom stereocenters.